The number of rotatable bonds is 4. The van der Waals surface area contributed by atoms with Gasteiger partial charge in [0.2, 0.25) is 5.91 Å². The lowest BCUT2D eigenvalue weighted by Crippen LogP contribution is -2.67. The zero-order valence-corrected chi connectivity index (χ0v) is 16.2. The van der Waals surface area contributed by atoms with Crippen molar-refractivity contribution in [3.63, 3.8) is 0 Å². The number of amides is 2. The van der Waals surface area contributed by atoms with Gasteiger partial charge in [-0.3, -0.25) is 14.5 Å². The third kappa shape index (κ3) is 2.93. The molecule has 3 aromatic rings. The van der Waals surface area contributed by atoms with Gasteiger partial charge < -0.3 is 5.32 Å². The largest absolute Gasteiger partial charge is 0.323 e. The molecular weight excluding hydrogens is 380 g/mol. The van der Waals surface area contributed by atoms with Crippen molar-refractivity contribution in [3.05, 3.63) is 81.5 Å². The average Bonchev–Trinajstić information content (AvgIpc) is 3.17. The Morgan fingerprint density at radius 2 is 1.85 bits per heavy atom. The van der Waals surface area contributed by atoms with Crippen molar-refractivity contribution in [1.29, 1.82) is 0 Å². The second-order valence-electron chi connectivity index (χ2n) is 6.49. The predicted octanol–water partition coefficient (Wildman–Crippen LogP) is 4.98. The Bertz CT molecular complexity index is 1000. The van der Waals surface area contributed by atoms with Gasteiger partial charge in [-0.1, -0.05) is 35.9 Å². The van der Waals surface area contributed by atoms with E-state index in [9.17, 15) is 9.59 Å². The highest BCUT2D eigenvalue weighted by Gasteiger charge is 2.59. The molecule has 1 N–H and O–H groups in total. The van der Waals surface area contributed by atoms with Crippen LogP contribution in [0.5, 0.6) is 0 Å². The highest BCUT2D eigenvalue weighted by Crippen LogP contribution is 2.47. The highest BCUT2D eigenvalue weighted by atomic mass is 35.5. The van der Waals surface area contributed by atoms with Crippen molar-refractivity contribution < 1.29 is 9.59 Å². The van der Waals surface area contributed by atoms with Crippen molar-refractivity contribution in [2.75, 3.05) is 10.2 Å². The van der Waals surface area contributed by atoms with Crippen LogP contribution >= 0.6 is 22.9 Å². The van der Waals surface area contributed by atoms with Gasteiger partial charge >= 0.3 is 0 Å². The minimum Gasteiger partial charge on any atom is -0.323 e. The third-order valence-electron chi connectivity index (χ3n) is 4.82. The van der Waals surface area contributed by atoms with Crippen molar-refractivity contribution in [2.45, 2.75) is 18.9 Å². The summed E-state index contributed by atoms with van der Waals surface area (Å²) < 4.78 is 0. The molecule has 0 saturated carbocycles. The van der Waals surface area contributed by atoms with E-state index in [-0.39, 0.29) is 18.2 Å². The normalized spacial score (nSPS) is 18.9. The van der Waals surface area contributed by atoms with E-state index in [2.05, 4.69) is 5.32 Å². The lowest BCUT2D eigenvalue weighted by Gasteiger charge is -2.50. The zero-order valence-electron chi connectivity index (χ0n) is 14.6. The molecular formula is C21H17ClN2O2S. The first-order valence-electron chi connectivity index (χ1n) is 8.52. The predicted molar refractivity (Wildman–Crippen MR) is 109 cm³/mol. The molecule has 1 fully saturated rings. The Kier molecular flexibility index (Phi) is 4.50. The van der Waals surface area contributed by atoms with Gasteiger partial charge in [-0.05, 0) is 54.3 Å². The number of benzene rings is 2. The average molecular weight is 397 g/mol. The van der Waals surface area contributed by atoms with Crippen molar-refractivity contribution in [2.24, 2.45) is 0 Å². The fourth-order valence-corrected chi connectivity index (χ4v) is 4.43. The lowest BCUT2D eigenvalue weighted by atomic mass is 9.80. The monoisotopic (exact) mass is 396 g/mol. The van der Waals surface area contributed by atoms with Gasteiger partial charge in [-0.25, -0.2) is 0 Å². The summed E-state index contributed by atoms with van der Waals surface area (Å²) in [6.07, 6.45) is 0.133. The molecule has 2 heterocycles. The van der Waals surface area contributed by atoms with E-state index in [1.807, 2.05) is 48.7 Å². The minimum absolute atomic E-state index is 0.0920. The van der Waals surface area contributed by atoms with Crippen molar-refractivity contribution >= 4 is 46.1 Å². The van der Waals surface area contributed by atoms with E-state index in [1.165, 1.54) is 11.3 Å². The van der Waals surface area contributed by atoms with E-state index >= 15 is 0 Å². The molecule has 0 radical (unpaired) electrons. The summed E-state index contributed by atoms with van der Waals surface area (Å²) in [6, 6.07) is 18.4. The molecule has 0 spiro atoms. The Morgan fingerprint density at radius 3 is 2.48 bits per heavy atom. The lowest BCUT2D eigenvalue weighted by molar-refractivity contribution is -0.137. The molecule has 136 valence electrons. The van der Waals surface area contributed by atoms with E-state index in [1.54, 1.807) is 29.2 Å². The Hall–Kier alpha value is -2.63. The topological polar surface area (TPSA) is 49.4 Å². The first kappa shape index (κ1) is 17.8. The first-order chi connectivity index (χ1) is 13.0. The molecule has 0 bridgehead atoms. The number of anilines is 2. The maximum atomic E-state index is 13.4. The van der Waals surface area contributed by atoms with E-state index < -0.39 is 5.54 Å². The summed E-state index contributed by atoms with van der Waals surface area (Å²) in [7, 11) is 0. The summed E-state index contributed by atoms with van der Waals surface area (Å²) in [5.74, 6) is -0.306. The van der Waals surface area contributed by atoms with Crippen LogP contribution in [0, 0.1) is 6.92 Å². The zero-order chi connectivity index (χ0) is 19.0. The number of nitrogens with one attached hydrogen (secondary N) is 1. The van der Waals surface area contributed by atoms with Gasteiger partial charge in [-0.2, -0.15) is 0 Å². The Morgan fingerprint density at radius 1 is 1.11 bits per heavy atom. The molecule has 0 aliphatic carbocycles. The summed E-state index contributed by atoms with van der Waals surface area (Å²) in [4.78, 5) is 28.4. The fraction of sp³-hybridized carbons (Fsp3) is 0.143. The maximum Gasteiger partial charge on any atom is 0.256 e. The number of carbonyl (C=O) groups is 2. The molecule has 1 unspecified atom stereocenters. The molecule has 1 atom stereocenters. The van der Waals surface area contributed by atoms with Gasteiger partial charge in [0.25, 0.3) is 5.91 Å². The van der Waals surface area contributed by atoms with Gasteiger partial charge in [0.05, 0.1) is 6.42 Å². The van der Waals surface area contributed by atoms with Crippen LogP contribution in [-0.2, 0) is 15.1 Å². The Balaban J connectivity index is 1.77. The highest BCUT2D eigenvalue weighted by molar-refractivity contribution is 7.10. The molecule has 1 aliphatic heterocycles. The number of aryl methyl sites for hydroxylation is 1. The first-order valence-corrected chi connectivity index (χ1v) is 9.78. The summed E-state index contributed by atoms with van der Waals surface area (Å²) >= 11 is 7.46. The minimum atomic E-state index is -1.05. The molecule has 1 aromatic heterocycles. The summed E-state index contributed by atoms with van der Waals surface area (Å²) in [5.41, 5.74) is 1.31. The summed E-state index contributed by atoms with van der Waals surface area (Å²) in [6.45, 7) is 1.94. The number of carbonyl (C=O) groups excluding carboxylic acids is 2. The standard InChI is InChI=1S/C21H17ClN2O2S/c1-14-5-2-3-6-17(14)23-20(26)21(18-7-4-12-27-18)13-19(25)24(21)16-10-8-15(22)9-11-16/h2-12H,13H2,1H3,(H,23,26). The quantitative estimate of drug-likeness (QED) is 0.632. The number of hydrogen-bond acceptors (Lipinski definition) is 3. The molecule has 4 rings (SSSR count). The number of thiophene rings is 1. The molecule has 2 amide bonds. The second kappa shape index (κ2) is 6.83. The maximum absolute atomic E-state index is 13.4. The van der Waals surface area contributed by atoms with Crippen LogP contribution in [0.15, 0.2) is 66.0 Å². The van der Waals surface area contributed by atoms with Crippen molar-refractivity contribution in [1.82, 2.24) is 0 Å². The van der Waals surface area contributed by atoms with Crippen LogP contribution in [0.1, 0.15) is 16.9 Å². The number of β-lactam (4-membered cyclic amide) rings is 1. The molecule has 2 aromatic carbocycles. The smallest absolute Gasteiger partial charge is 0.256 e. The van der Waals surface area contributed by atoms with Crippen LogP contribution < -0.4 is 10.2 Å². The van der Waals surface area contributed by atoms with Gasteiger partial charge in [0.15, 0.2) is 5.54 Å². The van der Waals surface area contributed by atoms with Crippen LogP contribution in [0.2, 0.25) is 5.02 Å². The number of nitrogens with zero attached hydrogens (tertiary/aromatic N) is 1. The number of halogens is 1. The van der Waals surface area contributed by atoms with Crippen LogP contribution in [-0.4, -0.2) is 11.8 Å². The van der Waals surface area contributed by atoms with Gasteiger partial charge in [-0.15, -0.1) is 11.3 Å². The molecule has 27 heavy (non-hydrogen) atoms. The second-order valence-corrected chi connectivity index (χ2v) is 7.87. The van der Waals surface area contributed by atoms with Crippen LogP contribution in [0.4, 0.5) is 11.4 Å². The molecule has 6 heteroatoms. The van der Waals surface area contributed by atoms with E-state index in [4.69, 9.17) is 11.6 Å². The fourth-order valence-electron chi connectivity index (χ4n) is 3.40. The van der Waals surface area contributed by atoms with E-state index in [0.29, 0.717) is 10.7 Å². The number of para-hydroxylation sites is 1. The number of hydrogen-bond donors (Lipinski definition) is 1. The van der Waals surface area contributed by atoms with Gasteiger partial charge in [0.1, 0.15) is 0 Å². The third-order valence-corrected chi connectivity index (χ3v) is 6.09. The van der Waals surface area contributed by atoms with E-state index in [0.717, 1.165) is 16.1 Å². The van der Waals surface area contributed by atoms with Crippen molar-refractivity contribution in [3.8, 4) is 0 Å². The van der Waals surface area contributed by atoms with Crippen LogP contribution in [0.25, 0.3) is 0 Å². The molecule has 4 nitrogen and oxygen atoms in total. The molecule has 1 aliphatic rings. The SMILES string of the molecule is Cc1ccccc1NC(=O)C1(c2cccs2)CC(=O)N1c1ccc(Cl)cc1. The summed E-state index contributed by atoms with van der Waals surface area (Å²) in [5, 5.41) is 5.52. The molecule has 1 saturated heterocycles. The Labute approximate surface area is 166 Å². The van der Waals surface area contributed by atoms with Gasteiger partial charge in [0, 0.05) is 21.3 Å². The van der Waals surface area contributed by atoms with Crippen LogP contribution in [0.3, 0.4) is 0 Å².